The lowest BCUT2D eigenvalue weighted by molar-refractivity contribution is 0.111. The Labute approximate surface area is 105 Å². The van der Waals surface area contributed by atoms with Gasteiger partial charge in [-0.2, -0.15) is 0 Å². The summed E-state index contributed by atoms with van der Waals surface area (Å²) < 4.78 is 0. The van der Waals surface area contributed by atoms with Crippen LogP contribution < -0.4 is 5.32 Å². The number of nitrogens with zero attached hydrogens (tertiary/aromatic N) is 2. The topological polar surface area (TPSA) is 54.9 Å². The van der Waals surface area contributed by atoms with E-state index in [4.69, 9.17) is 11.6 Å². The summed E-state index contributed by atoms with van der Waals surface area (Å²) in [5, 5.41) is 3.66. The maximum absolute atomic E-state index is 10.9. The summed E-state index contributed by atoms with van der Waals surface area (Å²) in [5.74, 6) is 1.82. The van der Waals surface area contributed by atoms with Gasteiger partial charge in [-0.05, 0) is 32.1 Å². The molecule has 2 fully saturated rings. The predicted molar refractivity (Wildman–Crippen MR) is 65.7 cm³/mol. The molecule has 1 N–H and O–H groups in total. The average molecular weight is 252 g/mol. The van der Waals surface area contributed by atoms with Gasteiger partial charge in [0, 0.05) is 12.0 Å². The van der Waals surface area contributed by atoms with E-state index in [0.29, 0.717) is 34.8 Å². The van der Waals surface area contributed by atoms with Crippen LogP contribution >= 0.6 is 11.6 Å². The van der Waals surface area contributed by atoms with Crippen LogP contribution in [0.3, 0.4) is 0 Å². The van der Waals surface area contributed by atoms with Crippen molar-refractivity contribution in [2.75, 3.05) is 5.32 Å². The van der Waals surface area contributed by atoms with E-state index in [1.807, 2.05) is 0 Å². The Kier molecular flexibility index (Phi) is 2.74. The van der Waals surface area contributed by atoms with Crippen molar-refractivity contribution >= 4 is 23.7 Å². The zero-order valence-electron chi connectivity index (χ0n) is 9.45. The number of nitrogens with one attached hydrogen (secondary N) is 1. The van der Waals surface area contributed by atoms with Gasteiger partial charge < -0.3 is 5.32 Å². The second kappa shape index (κ2) is 4.26. The van der Waals surface area contributed by atoms with Crippen molar-refractivity contribution in [3.63, 3.8) is 0 Å². The van der Waals surface area contributed by atoms with Gasteiger partial charge in [-0.25, -0.2) is 9.97 Å². The molecule has 3 rings (SSSR count). The third kappa shape index (κ3) is 2.14. The number of rotatable bonds is 4. The summed E-state index contributed by atoms with van der Waals surface area (Å²) in [4.78, 5) is 19.6. The van der Waals surface area contributed by atoms with Gasteiger partial charge in [0.25, 0.3) is 0 Å². The van der Waals surface area contributed by atoms with Crippen LogP contribution in [0.4, 0.5) is 5.82 Å². The molecule has 17 heavy (non-hydrogen) atoms. The molecule has 0 unspecified atom stereocenters. The number of carbonyl (C=O) groups excluding carboxylic acids is 1. The Morgan fingerprint density at radius 1 is 1.24 bits per heavy atom. The first kappa shape index (κ1) is 11.0. The van der Waals surface area contributed by atoms with Crippen LogP contribution in [0, 0.1) is 0 Å². The molecular formula is C12H14ClN3O. The summed E-state index contributed by atoms with van der Waals surface area (Å²) in [6.45, 7) is 0. The summed E-state index contributed by atoms with van der Waals surface area (Å²) >= 11 is 6.11. The van der Waals surface area contributed by atoms with Crippen molar-refractivity contribution in [2.24, 2.45) is 0 Å². The maximum Gasteiger partial charge on any atom is 0.170 e. The Balaban J connectivity index is 1.92. The van der Waals surface area contributed by atoms with Crippen LogP contribution in [-0.4, -0.2) is 22.3 Å². The van der Waals surface area contributed by atoms with Gasteiger partial charge in [-0.15, -0.1) is 0 Å². The second-order valence-electron chi connectivity index (χ2n) is 4.79. The first-order valence-electron chi connectivity index (χ1n) is 6.07. The van der Waals surface area contributed by atoms with Crippen molar-refractivity contribution in [3.8, 4) is 0 Å². The van der Waals surface area contributed by atoms with Crippen LogP contribution in [-0.2, 0) is 0 Å². The summed E-state index contributed by atoms with van der Waals surface area (Å²) in [7, 11) is 0. The molecule has 2 aliphatic carbocycles. The van der Waals surface area contributed by atoms with Crippen molar-refractivity contribution in [3.05, 3.63) is 16.5 Å². The first-order chi connectivity index (χ1) is 8.28. The molecule has 1 heterocycles. The average Bonchev–Trinajstić information content (AvgIpc) is 3.09. The smallest absolute Gasteiger partial charge is 0.170 e. The normalized spacial score (nSPS) is 19.8. The molecule has 0 spiro atoms. The number of aromatic nitrogens is 2. The first-order valence-corrected chi connectivity index (χ1v) is 6.45. The number of aldehydes is 1. The summed E-state index contributed by atoms with van der Waals surface area (Å²) in [6, 6.07) is 0.453. The number of halogens is 1. The lowest BCUT2D eigenvalue weighted by atomic mass is 9.93. The van der Waals surface area contributed by atoms with E-state index in [2.05, 4.69) is 15.3 Å². The van der Waals surface area contributed by atoms with Crippen LogP contribution in [0.25, 0.3) is 0 Å². The molecule has 0 aliphatic heterocycles. The largest absolute Gasteiger partial charge is 0.366 e. The van der Waals surface area contributed by atoms with Gasteiger partial charge in [-0.3, -0.25) is 4.79 Å². The fraction of sp³-hybridized carbons (Fsp3) is 0.583. The van der Waals surface area contributed by atoms with Crippen molar-refractivity contribution < 1.29 is 4.79 Å². The number of carbonyl (C=O) groups is 1. The van der Waals surface area contributed by atoms with E-state index in [-0.39, 0.29) is 0 Å². The molecule has 1 aromatic rings. The van der Waals surface area contributed by atoms with Gasteiger partial charge in [0.2, 0.25) is 0 Å². The molecular weight excluding hydrogens is 238 g/mol. The molecule has 4 nitrogen and oxygen atoms in total. The Bertz CT molecular complexity index is 455. The third-order valence-corrected chi connectivity index (χ3v) is 3.77. The highest BCUT2D eigenvalue weighted by molar-refractivity contribution is 6.35. The Hall–Kier alpha value is -1.16. The fourth-order valence-electron chi connectivity index (χ4n) is 1.93. The van der Waals surface area contributed by atoms with E-state index in [0.717, 1.165) is 31.5 Å². The minimum atomic E-state index is 0.311. The summed E-state index contributed by atoms with van der Waals surface area (Å²) in [5.41, 5.74) is 0.311. The van der Waals surface area contributed by atoms with Gasteiger partial charge in [0.1, 0.15) is 22.4 Å². The van der Waals surface area contributed by atoms with Crippen LogP contribution in [0.15, 0.2) is 0 Å². The highest BCUT2D eigenvalue weighted by Gasteiger charge is 2.29. The Morgan fingerprint density at radius 2 is 2.00 bits per heavy atom. The van der Waals surface area contributed by atoms with Crippen LogP contribution in [0.5, 0.6) is 0 Å². The molecule has 5 heteroatoms. The standard InChI is InChI=1S/C12H14ClN3O/c13-10-9(6-17)15-11(7-4-5-7)16-12(10)14-8-2-1-3-8/h6-8H,1-5H2,(H,14,15,16). The molecule has 0 radical (unpaired) electrons. The highest BCUT2D eigenvalue weighted by Crippen LogP contribution is 2.39. The fourth-order valence-corrected chi connectivity index (χ4v) is 2.11. The number of anilines is 1. The zero-order valence-corrected chi connectivity index (χ0v) is 10.2. The molecule has 0 saturated heterocycles. The van der Waals surface area contributed by atoms with Crippen molar-refractivity contribution in [1.82, 2.24) is 9.97 Å². The van der Waals surface area contributed by atoms with Crippen molar-refractivity contribution in [1.29, 1.82) is 0 Å². The quantitative estimate of drug-likeness (QED) is 0.836. The molecule has 0 amide bonds. The Morgan fingerprint density at radius 3 is 2.53 bits per heavy atom. The van der Waals surface area contributed by atoms with Gasteiger partial charge >= 0.3 is 0 Å². The number of hydrogen-bond acceptors (Lipinski definition) is 4. The third-order valence-electron chi connectivity index (χ3n) is 3.39. The molecule has 0 bridgehead atoms. The number of hydrogen-bond donors (Lipinski definition) is 1. The molecule has 0 atom stereocenters. The lowest BCUT2D eigenvalue weighted by Crippen LogP contribution is -2.28. The second-order valence-corrected chi connectivity index (χ2v) is 5.17. The van der Waals surface area contributed by atoms with E-state index in [9.17, 15) is 4.79 Å². The van der Waals surface area contributed by atoms with Gasteiger partial charge in [-0.1, -0.05) is 11.6 Å². The van der Waals surface area contributed by atoms with Gasteiger partial charge in [0.15, 0.2) is 6.29 Å². The molecule has 2 saturated carbocycles. The van der Waals surface area contributed by atoms with Crippen molar-refractivity contribution in [2.45, 2.75) is 44.1 Å². The molecule has 0 aromatic carbocycles. The van der Waals surface area contributed by atoms with E-state index >= 15 is 0 Å². The zero-order chi connectivity index (χ0) is 11.8. The molecule has 2 aliphatic rings. The van der Waals surface area contributed by atoms with Crippen LogP contribution in [0.2, 0.25) is 5.02 Å². The van der Waals surface area contributed by atoms with Gasteiger partial charge in [0.05, 0.1) is 0 Å². The SMILES string of the molecule is O=Cc1nc(C2CC2)nc(NC2CCC2)c1Cl. The summed E-state index contributed by atoms with van der Waals surface area (Å²) in [6.07, 6.45) is 6.48. The minimum absolute atomic E-state index is 0.311. The maximum atomic E-state index is 10.9. The predicted octanol–water partition coefficient (Wildman–Crippen LogP) is 2.78. The molecule has 1 aromatic heterocycles. The van der Waals surface area contributed by atoms with E-state index in [1.165, 1.54) is 6.42 Å². The monoisotopic (exact) mass is 251 g/mol. The van der Waals surface area contributed by atoms with E-state index < -0.39 is 0 Å². The highest BCUT2D eigenvalue weighted by atomic mass is 35.5. The molecule has 90 valence electrons. The minimum Gasteiger partial charge on any atom is -0.366 e. The lowest BCUT2D eigenvalue weighted by Gasteiger charge is -2.27. The van der Waals surface area contributed by atoms with Crippen LogP contribution in [0.1, 0.15) is 54.3 Å². The van der Waals surface area contributed by atoms with E-state index in [1.54, 1.807) is 0 Å².